The first-order valence-electron chi connectivity index (χ1n) is 6.38. The average Bonchev–Trinajstić information content (AvgIpc) is 2.55. The summed E-state index contributed by atoms with van der Waals surface area (Å²) >= 11 is 0. The van der Waals surface area contributed by atoms with E-state index in [4.69, 9.17) is 0 Å². The molecule has 0 saturated heterocycles. The minimum absolute atomic E-state index is 0. The van der Waals surface area contributed by atoms with Crippen LogP contribution in [0.1, 0.15) is 5.56 Å². The molecule has 120 valence electrons. The van der Waals surface area contributed by atoms with Crippen LogP contribution in [-0.2, 0) is 6.54 Å². The van der Waals surface area contributed by atoms with E-state index in [2.05, 4.69) is 0 Å². The quantitative estimate of drug-likeness (QED) is 0.281. The molecule has 0 unspecified atom stereocenters. The molecule has 1 nitrogen and oxygen atoms in total. The van der Waals surface area contributed by atoms with Crippen molar-refractivity contribution >= 4 is 10.9 Å². The Morgan fingerprint density at radius 2 is 1.22 bits per heavy atom. The van der Waals surface area contributed by atoms with Crippen LogP contribution in [0.2, 0.25) is 0 Å². The van der Waals surface area contributed by atoms with Gasteiger partial charge in [0.05, 0.1) is 5.56 Å². The summed E-state index contributed by atoms with van der Waals surface area (Å²) in [6.45, 7) is -0.465. The van der Waals surface area contributed by atoms with Crippen LogP contribution >= 0.6 is 0 Å². The summed E-state index contributed by atoms with van der Waals surface area (Å²) in [6.07, 6.45) is 1.51. The first kappa shape index (κ1) is 17.1. The fourth-order valence-electron chi connectivity index (χ4n) is 2.32. The number of para-hydroxylation sites is 1. The second-order valence-corrected chi connectivity index (χ2v) is 4.74. The third-order valence-electron chi connectivity index (χ3n) is 3.42. The highest BCUT2D eigenvalue weighted by molar-refractivity contribution is 5.74. The maximum atomic E-state index is 13.8. The molecule has 0 N–H and O–H groups in total. The van der Waals surface area contributed by atoms with Crippen LogP contribution in [0.25, 0.3) is 10.9 Å². The molecule has 0 saturated carbocycles. The third kappa shape index (κ3) is 2.86. The zero-order valence-electron chi connectivity index (χ0n) is 11.5. The number of aromatic nitrogens is 1. The molecule has 3 aromatic rings. The van der Waals surface area contributed by atoms with Crippen LogP contribution in [-0.4, -0.2) is 0 Å². The van der Waals surface area contributed by atoms with Crippen molar-refractivity contribution in [1.82, 2.24) is 0 Å². The molecule has 0 aliphatic heterocycles. The predicted octanol–water partition coefficient (Wildman–Crippen LogP) is 0.875. The molecule has 0 atom stereocenters. The Labute approximate surface area is 134 Å². The molecule has 3 rings (SSSR count). The van der Waals surface area contributed by atoms with Gasteiger partial charge in [-0.1, -0.05) is 12.1 Å². The topological polar surface area (TPSA) is 3.88 Å². The maximum absolute atomic E-state index is 13.8. The summed E-state index contributed by atoms with van der Waals surface area (Å²) in [5.74, 6) is -9.64. The molecule has 1 heterocycles. The summed E-state index contributed by atoms with van der Waals surface area (Å²) in [7, 11) is 0. The number of hydrogen-bond acceptors (Lipinski definition) is 0. The molecule has 0 bridgehead atoms. The highest BCUT2D eigenvalue weighted by Gasteiger charge is 2.28. The molecule has 0 spiro atoms. The monoisotopic (exact) mass is 345 g/mol. The zero-order valence-corrected chi connectivity index (χ0v) is 12.2. The van der Waals surface area contributed by atoms with E-state index in [-0.39, 0.29) is 12.4 Å². The third-order valence-corrected chi connectivity index (χ3v) is 3.42. The van der Waals surface area contributed by atoms with Crippen molar-refractivity contribution in [2.45, 2.75) is 6.54 Å². The molecule has 23 heavy (non-hydrogen) atoms. The van der Waals surface area contributed by atoms with Gasteiger partial charge in [0.1, 0.15) is 0 Å². The standard InChI is InChI=1S/C16H9F5N.ClH/c17-12-10(13(18)15(20)16(21)14(12)19)8-22-7-3-5-9-4-1-2-6-11(9)22;/h1-7H,8H2;1H/q+1;/p-1. The van der Waals surface area contributed by atoms with Crippen LogP contribution in [0.15, 0.2) is 42.6 Å². The Morgan fingerprint density at radius 1 is 0.696 bits per heavy atom. The van der Waals surface area contributed by atoms with Crippen LogP contribution < -0.4 is 17.0 Å². The van der Waals surface area contributed by atoms with Gasteiger partial charge in [-0.3, -0.25) is 0 Å². The average molecular weight is 346 g/mol. The summed E-state index contributed by atoms with van der Waals surface area (Å²) in [5.41, 5.74) is -0.244. The highest BCUT2D eigenvalue weighted by Crippen LogP contribution is 2.23. The van der Waals surface area contributed by atoms with Gasteiger partial charge in [0.25, 0.3) is 0 Å². The Hall–Kier alpha value is -2.21. The number of hydrogen-bond donors (Lipinski definition) is 0. The number of fused-ring (bicyclic) bond motifs is 1. The predicted molar refractivity (Wildman–Crippen MR) is 69.5 cm³/mol. The van der Waals surface area contributed by atoms with Crippen LogP contribution in [0, 0.1) is 29.1 Å². The van der Waals surface area contributed by atoms with Gasteiger partial charge in [-0.25, -0.2) is 22.0 Å². The van der Waals surface area contributed by atoms with Gasteiger partial charge in [-0.05, 0) is 12.1 Å². The van der Waals surface area contributed by atoms with Crippen molar-refractivity contribution in [2.24, 2.45) is 0 Å². The van der Waals surface area contributed by atoms with Crippen molar-refractivity contribution in [3.05, 3.63) is 77.2 Å². The van der Waals surface area contributed by atoms with E-state index in [1.165, 1.54) is 10.8 Å². The van der Waals surface area contributed by atoms with E-state index in [1.807, 2.05) is 0 Å². The van der Waals surface area contributed by atoms with Gasteiger partial charge < -0.3 is 12.4 Å². The van der Waals surface area contributed by atoms with Gasteiger partial charge in [-0.15, -0.1) is 0 Å². The first-order chi connectivity index (χ1) is 10.5. The van der Waals surface area contributed by atoms with E-state index < -0.39 is 41.2 Å². The van der Waals surface area contributed by atoms with Crippen molar-refractivity contribution in [3.8, 4) is 0 Å². The highest BCUT2D eigenvalue weighted by atomic mass is 35.5. The van der Waals surface area contributed by atoms with Crippen molar-refractivity contribution < 1.29 is 38.9 Å². The minimum atomic E-state index is -2.15. The minimum Gasteiger partial charge on any atom is -1.00 e. The number of nitrogens with zero attached hydrogens (tertiary/aromatic N) is 1. The van der Waals surface area contributed by atoms with Crippen molar-refractivity contribution in [2.75, 3.05) is 0 Å². The van der Waals surface area contributed by atoms with Crippen molar-refractivity contribution in [1.29, 1.82) is 0 Å². The second-order valence-electron chi connectivity index (χ2n) is 4.74. The number of rotatable bonds is 2. The lowest BCUT2D eigenvalue weighted by atomic mass is 10.1. The van der Waals surface area contributed by atoms with Crippen molar-refractivity contribution in [3.63, 3.8) is 0 Å². The van der Waals surface area contributed by atoms with Gasteiger partial charge in [0.15, 0.2) is 36.0 Å². The lowest BCUT2D eigenvalue weighted by Gasteiger charge is -2.07. The van der Waals surface area contributed by atoms with E-state index in [1.54, 1.807) is 36.4 Å². The molecule has 7 heteroatoms. The Morgan fingerprint density at radius 3 is 1.87 bits per heavy atom. The number of benzene rings is 2. The number of pyridine rings is 1. The first-order valence-corrected chi connectivity index (χ1v) is 6.38. The molecular formula is C16H9ClF5N. The fourth-order valence-corrected chi connectivity index (χ4v) is 2.32. The molecule has 0 radical (unpaired) electrons. The lowest BCUT2D eigenvalue weighted by molar-refractivity contribution is -0.662. The summed E-state index contributed by atoms with van der Waals surface area (Å²) < 4.78 is 68.5. The van der Waals surface area contributed by atoms with Gasteiger partial charge in [-0.2, -0.15) is 4.57 Å². The largest absolute Gasteiger partial charge is 1.00 e. The fraction of sp³-hybridized carbons (Fsp3) is 0.0625. The molecule has 0 fully saturated rings. The number of halogens is 6. The van der Waals surface area contributed by atoms with E-state index in [0.29, 0.717) is 5.52 Å². The molecule has 0 aliphatic carbocycles. The molecule has 0 aliphatic rings. The summed E-state index contributed by atoms with van der Waals surface area (Å²) in [5, 5.41) is 0.786. The second kappa shape index (κ2) is 6.50. The smallest absolute Gasteiger partial charge is 0.212 e. The van der Waals surface area contributed by atoms with Gasteiger partial charge in [0, 0.05) is 17.5 Å². The lowest BCUT2D eigenvalue weighted by Crippen LogP contribution is -3.00. The summed E-state index contributed by atoms with van der Waals surface area (Å²) in [6, 6.07) is 10.4. The maximum Gasteiger partial charge on any atom is 0.212 e. The molecule has 0 amide bonds. The normalized spacial score (nSPS) is 10.7. The van der Waals surface area contributed by atoms with Gasteiger partial charge in [0.2, 0.25) is 11.3 Å². The van der Waals surface area contributed by atoms with Crippen LogP contribution in [0.5, 0.6) is 0 Å². The SMILES string of the molecule is Fc1c(F)c(F)c(C[n+]2cccc3ccccc32)c(F)c1F.[Cl-]. The summed E-state index contributed by atoms with van der Waals surface area (Å²) in [4.78, 5) is 0. The van der Waals surface area contributed by atoms with Gasteiger partial charge >= 0.3 is 0 Å². The molecular weight excluding hydrogens is 337 g/mol. The van der Waals surface area contributed by atoms with E-state index in [0.717, 1.165) is 5.39 Å². The Balaban J connectivity index is 0.00000192. The van der Waals surface area contributed by atoms with E-state index >= 15 is 0 Å². The van der Waals surface area contributed by atoms with Crippen LogP contribution in [0.3, 0.4) is 0 Å². The van der Waals surface area contributed by atoms with Crippen LogP contribution in [0.4, 0.5) is 22.0 Å². The Bertz CT molecular complexity index is 847. The van der Waals surface area contributed by atoms with E-state index in [9.17, 15) is 22.0 Å². The zero-order chi connectivity index (χ0) is 15.9. The molecule has 1 aromatic heterocycles. The molecule has 2 aromatic carbocycles. The Kier molecular flexibility index (Phi) is 4.85.